The maximum absolute atomic E-state index is 5.36. The summed E-state index contributed by atoms with van der Waals surface area (Å²) in [5, 5.41) is 0. The van der Waals surface area contributed by atoms with Crippen molar-refractivity contribution in [1.29, 1.82) is 0 Å². The molecular weight excluding hydrogens is 402 g/mol. The van der Waals surface area contributed by atoms with Crippen molar-refractivity contribution in [3.05, 3.63) is 29.8 Å². The molecule has 3 heteroatoms. The van der Waals surface area contributed by atoms with Crippen LogP contribution in [0.4, 0.5) is 0 Å². The van der Waals surface area contributed by atoms with E-state index in [1.807, 2.05) is 6.07 Å². The molecule has 0 amide bonds. The first-order valence-corrected chi connectivity index (χ1v) is 13.0. The summed E-state index contributed by atoms with van der Waals surface area (Å²) in [6, 6.07) is 8.52. The van der Waals surface area contributed by atoms with E-state index in [4.69, 9.17) is 4.74 Å². The molecule has 31 heavy (non-hydrogen) atoms. The Morgan fingerprint density at radius 3 is 1.58 bits per heavy atom. The Kier molecular flexibility index (Phi) is 19.4. The molecule has 0 saturated heterocycles. The summed E-state index contributed by atoms with van der Waals surface area (Å²) < 4.78 is 6.42. The summed E-state index contributed by atoms with van der Waals surface area (Å²) in [6.45, 7) is 4.64. The molecule has 0 heterocycles. The Balaban J connectivity index is 0.00000900. The molecule has 0 radical (unpaired) electrons. The molecule has 1 aromatic carbocycles. The van der Waals surface area contributed by atoms with Gasteiger partial charge in [-0.3, -0.25) is 0 Å². The van der Waals surface area contributed by atoms with Crippen molar-refractivity contribution in [3.63, 3.8) is 0 Å². The number of halogens is 1. The van der Waals surface area contributed by atoms with Crippen molar-refractivity contribution in [1.82, 2.24) is 0 Å². The molecule has 0 saturated carbocycles. The molecule has 0 bridgehead atoms. The van der Waals surface area contributed by atoms with E-state index in [2.05, 4.69) is 39.2 Å². The number of ether oxygens (including phenoxy) is 1. The Labute approximate surface area is 201 Å². The summed E-state index contributed by atoms with van der Waals surface area (Å²) in [4.78, 5) is 0. The second kappa shape index (κ2) is 19.9. The van der Waals surface area contributed by atoms with Crippen molar-refractivity contribution in [3.8, 4) is 5.75 Å². The van der Waals surface area contributed by atoms with Crippen LogP contribution in [0.2, 0.25) is 0 Å². The second-order valence-corrected chi connectivity index (χ2v) is 9.97. The number of nitrogens with zero attached hydrogens (tertiary/aromatic N) is 1. The zero-order valence-corrected chi connectivity index (χ0v) is 22.0. The van der Waals surface area contributed by atoms with Crippen LogP contribution >= 0.6 is 0 Å². The standard InChI is InChI=1S/C28H52NO.ClH/c1-5-6-7-8-9-10-11-12-13-14-15-16-17-18-19-20-24-29(2,3)26-27-22-21-23-28(25-27)30-4;/h21-23,25H,5-20,24,26H2,1-4H3;1H/q+1;/p-1. The van der Waals surface area contributed by atoms with Gasteiger partial charge in [0.25, 0.3) is 0 Å². The first-order valence-electron chi connectivity index (χ1n) is 13.0. The zero-order chi connectivity index (χ0) is 21.9. The van der Waals surface area contributed by atoms with E-state index in [0.29, 0.717) is 0 Å². The van der Waals surface area contributed by atoms with Gasteiger partial charge in [-0.25, -0.2) is 0 Å². The van der Waals surface area contributed by atoms with E-state index in [9.17, 15) is 0 Å². The number of hydrogen-bond acceptors (Lipinski definition) is 1. The number of unbranched alkanes of at least 4 members (excludes halogenated alkanes) is 15. The van der Waals surface area contributed by atoms with Crippen LogP contribution in [0.25, 0.3) is 0 Å². The molecule has 0 aromatic heterocycles. The van der Waals surface area contributed by atoms with Gasteiger partial charge in [0.2, 0.25) is 0 Å². The van der Waals surface area contributed by atoms with Crippen LogP contribution in [-0.2, 0) is 6.54 Å². The van der Waals surface area contributed by atoms with Crippen molar-refractivity contribution >= 4 is 0 Å². The summed E-state index contributed by atoms with van der Waals surface area (Å²) >= 11 is 0. The number of methoxy groups -OCH3 is 1. The van der Waals surface area contributed by atoms with E-state index < -0.39 is 0 Å². The van der Waals surface area contributed by atoms with Gasteiger partial charge in [-0.2, -0.15) is 0 Å². The van der Waals surface area contributed by atoms with Crippen LogP contribution in [0.15, 0.2) is 24.3 Å². The minimum absolute atomic E-state index is 0. The van der Waals surface area contributed by atoms with E-state index in [-0.39, 0.29) is 12.4 Å². The van der Waals surface area contributed by atoms with Crippen LogP contribution in [-0.4, -0.2) is 32.2 Å². The fourth-order valence-electron chi connectivity index (χ4n) is 4.43. The van der Waals surface area contributed by atoms with Gasteiger partial charge in [0.1, 0.15) is 12.3 Å². The molecule has 1 rings (SSSR count). The third-order valence-corrected chi connectivity index (χ3v) is 6.36. The van der Waals surface area contributed by atoms with Gasteiger partial charge in [0, 0.05) is 5.56 Å². The maximum atomic E-state index is 5.36. The Morgan fingerprint density at radius 1 is 0.677 bits per heavy atom. The van der Waals surface area contributed by atoms with Gasteiger partial charge >= 0.3 is 0 Å². The monoisotopic (exact) mass is 453 g/mol. The third kappa shape index (κ3) is 17.5. The molecule has 0 N–H and O–H groups in total. The lowest BCUT2D eigenvalue weighted by molar-refractivity contribution is -0.903. The molecule has 0 fully saturated rings. The first kappa shape index (κ1) is 30.3. The third-order valence-electron chi connectivity index (χ3n) is 6.36. The summed E-state index contributed by atoms with van der Waals surface area (Å²) in [5.74, 6) is 0.968. The predicted molar refractivity (Wildman–Crippen MR) is 133 cm³/mol. The lowest BCUT2D eigenvalue weighted by Crippen LogP contribution is -3.00. The summed E-state index contributed by atoms with van der Waals surface area (Å²) in [5.41, 5.74) is 1.37. The molecule has 0 aliphatic carbocycles. The van der Waals surface area contributed by atoms with E-state index in [0.717, 1.165) is 16.8 Å². The lowest BCUT2D eigenvalue weighted by atomic mass is 10.0. The average Bonchev–Trinajstić information content (AvgIpc) is 2.73. The Bertz CT molecular complexity index is 517. The van der Waals surface area contributed by atoms with Crippen molar-refractivity contribution in [2.24, 2.45) is 0 Å². The highest BCUT2D eigenvalue weighted by atomic mass is 35.5. The van der Waals surface area contributed by atoms with Gasteiger partial charge < -0.3 is 21.6 Å². The summed E-state index contributed by atoms with van der Waals surface area (Å²) in [7, 11) is 6.45. The molecule has 2 nitrogen and oxygen atoms in total. The highest BCUT2D eigenvalue weighted by Gasteiger charge is 2.15. The fraction of sp³-hybridized carbons (Fsp3) is 0.786. The van der Waals surface area contributed by atoms with E-state index in [1.165, 1.54) is 115 Å². The van der Waals surface area contributed by atoms with E-state index in [1.54, 1.807) is 7.11 Å². The minimum Gasteiger partial charge on any atom is -1.00 e. The predicted octanol–water partition coefficient (Wildman–Crippen LogP) is 5.54. The number of hydrogen-bond donors (Lipinski definition) is 0. The molecule has 182 valence electrons. The van der Waals surface area contributed by atoms with Gasteiger partial charge in [0.05, 0.1) is 27.7 Å². The Hall–Kier alpha value is -0.730. The lowest BCUT2D eigenvalue weighted by Gasteiger charge is -2.30. The van der Waals surface area contributed by atoms with E-state index >= 15 is 0 Å². The molecule has 1 aromatic rings. The topological polar surface area (TPSA) is 9.23 Å². The second-order valence-electron chi connectivity index (χ2n) is 9.97. The SMILES string of the molecule is CCCCCCCCCCCCCCCCCC[N+](C)(C)Cc1cccc(OC)c1.[Cl-]. The van der Waals surface area contributed by atoms with Crippen molar-refractivity contribution < 1.29 is 21.6 Å². The number of benzene rings is 1. The van der Waals surface area contributed by atoms with Crippen LogP contribution < -0.4 is 17.1 Å². The molecule has 0 spiro atoms. The minimum atomic E-state index is 0. The van der Waals surface area contributed by atoms with Crippen molar-refractivity contribution in [2.75, 3.05) is 27.7 Å². The number of quaternary nitrogens is 1. The highest BCUT2D eigenvalue weighted by molar-refractivity contribution is 5.27. The molecule has 0 atom stereocenters. The van der Waals surface area contributed by atoms with Crippen molar-refractivity contribution in [2.45, 2.75) is 116 Å². The smallest absolute Gasteiger partial charge is 0.119 e. The van der Waals surface area contributed by atoms with Gasteiger partial charge in [-0.05, 0) is 25.0 Å². The Morgan fingerprint density at radius 2 is 1.13 bits per heavy atom. The first-order chi connectivity index (χ1) is 14.6. The average molecular weight is 454 g/mol. The molecule has 0 aliphatic heterocycles. The van der Waals surface area contributed by atoms with Crippen LogP contribution in [0.3, 0.4) is 0 Å². The fourth-order valence-corrected chi connectivity index (χ4v) is 4.43. The maximum Gasteiger partial charge on any atom is 0.119 e. The van der Waals surface area contributed by atoms with Gasteiger partial charge in [0.15, 0.2) is 0 Å². The normalized spacial score (nSPS) is 11.4. The molecule has 0 aliphatic rings. The van der Waals surface area contributed by atoms with Crippen LogP contribution in [0, 0.1) is 0 Å². The largest absolute Gasteiger partial charge is 1.00 e. The quantitative estimate of drug-likeness (QED) is 0.186. The zero-order valence-electron chi connectivity index (χ0n) is 21.3. The van der Waals surface area contributed by atoms with Crippen LogP contribution in [0.5, 0.6) is 5.75 Å². The molecule has 0 unspecified atom stereocenters. The van der Waals surface area contributed by atoms with Gasteiger partial charge in [-0.15, -0.1) is 0 Å². The van der Waals surface area contributed by atoms with Crippen LogP contribution in [0.1, 0.15) is 115 Å². The molecular formula is C28H52ClNO. The summed E-state index contributed by atoms with van der Waals surface area (Å²) in [6.07, 6.45) is 23.0. The highest BCUT2D eigenvalue weighted by Crippen LogP contribution is 2.18. The number of rotatable bonds is 20. The van der Waals surface area contributed by atoms with Gasteiger partial charge in [-0.1, -0.05) is 109 Å².